The lowest BCUT2D eigenvalue weighted by Crippen LogP contribution is -2.24. The van der Waals surface area contributed by atoms with Gasteiger partial charge >= 0.3 is 0 Å². The van der Waals surface area contributed by atoms with E-state index in [-0.39, 0.29) is 11.8 Å². The molecule has 3 aromatic rings. The minimum absolute atomic E-state index is 0.0389. The van der Waals surface area contributed by atoms with Crippen LogP contribution in [-0.4, -0.2) is 18.4 Å². The molecular formula is C25H24N2O3. The van der Waals surface area contributed by atoms with Gasteiger partial charge in [-0.25, -0.2) is 0 Å². The summed E-state index contributed by atoms with van der Waals surface area (Å²) in [5, 5.41) is 5.86. The third-order valence-corrected chi connectivity index (χ3v) is 5.11. The molecule has 2 amide bonds. The summed E-state index contributed by atoms with van der Waals surface area (Å²) in [4.78, 5) is 24.7. The first-order chi connectivity index (χ1) is 14.6. The van der Waals surface area contributed by atoms with Crippen molar-refractivity contribution < 1.29 is 14.3 Å². The van der Waals surface area contributed by atoms with Gasteiger partial charge in [0.2, 0.25) is 5.91 Å². The summed E-state index contributed by atoms with van der Waals surface area (Å²) < 4.78 is 5.51. The highest BCUT2D eigenvalue weighted by molar-refractivity contribution is 6.04. The Morgan fingerprint density at radius 1 is 0.967 bits per heavy atom. The minimum atomic E-state index is -0.156. The first-order valence-electron chi connectivity index (χ1n) is 10.0. The Hall–Kier alpha value is -3.60. The van der Waals surface area contributed by atoms with Crippen LogP contribution in [-0.2, 0) is 24.2 Å². The Kier molecular flexibility index (Phi) is 5.80. The molecule has 30 heavy (non-hydrogen) atoms. The van der Waals surface area contributed by atoms with Crippen LogP contribution in [0.15, 0.2) is 66.7 Å². The summed E-state index contributed by atoms with van der Waals surface area (Å²) in [5.74, 6) is 0.725. The highest BCUT2D eigenvalue weighted by Crippen LogP contribution is 2.26. The zero-order chi connectivity index (χ0) is 20.9. The van der Waals surface area contributed by atoms with Crippen LogP contribution in [0.1, 0.15) is 32.6 Å². The van der Waals surface area contributed by atoms with Gasteiger partial charge in [-0.3, -0.25) is 9.59 Å². The molecule has 152 valence electrons. The topological polar surface area (TPSA) is 67.4 Å². The van der Waals surface area contributed by atoms with Gasteiger partial charge in [-0.05, 0) is 53.9 Å². The van der Waals surface area contributed by atoms with Gasteiger partial charge in [0, 0.05) is 24.2 Å². The first kappa shape index (κ1) is 19.7. The predicted molar refractivity (Wildman–Crippen MR) is 117 cm³/mol. The number of rotatable bonds is 6. The van der Waals surface area contributed by atoms with Crippen molar-refractivity contribution in [1.82, 2.24) is 5.32 Å². The largest absolute Gasteiger partial charge is 0.493 e. The number of aryl methyl sites for hydroxylation is 1. The van der Waals surface area contributed by atoms with Crippen molar-refractivity contribution in [1.29, 1.82) is 0 Å². The van der Waals surface area contributed by atoms with Gasteiger partial charge in [-0.1, -0.05) is 42.0 Å². The Morgan fingerprint density at radius 3 is 2.63 bits per heavy atom. The smallest absolute Gasteiger partial charge is 0.255 e. The number of nitrogens with one attached hydrogen (secondary N) is 2. The van der Waals surface area contributed by atoms with Gasteiger partial charge in [-0.15, -0.1) is 0 Å². The Morgan fingerprint density at radius 2 is 1.80 bits per heavy atom. The van der Waals surface area contributed by atoms with Crippen LogP contribution in [0.5, 0.6) is 5.75 Å². The lowest BCUT2D eigenvalue weighted by Gasteiger charge is -2.09. The summed E-state index contributed by atoms with van der Waals surface area (Å²) in [6, 6.07) is 20.9. The van der Waals surface area contributed by atoms with E-state index in [1.165, 1.54) is 0 Å². The number of amides is 2. The molecule has 0 unspecified atom stereocenters. The maximum Gasteiger partial charge on any atom is 0.255 e. The van der Waals surface area contributed by atoms with Crippen LogP contribution in [0.2, 0.25) is 0 Å². The van der Waals surface area contributed by atoms with Gasteiger partial charge in [0.1, 0.15) is 5.75 Å². The average molecular weight is 400 g/mol. The summed E-state index contributed by atoms with van der Waals surface area (Å²) in [5.41, 5.74) is 5.49. The molecule has 1 heterocycles. The maximum atomic E-state index is 12.4. The third kappa shape index (κ3) is 4.87. The molecule has 2 N–H and O–H groups in total. The Balaban J connectivity index is 1.32. The molecule has 0 aliphatic carbocycles. The molecule has 0 saturated heterocycles. The quantitative estimate of drug-likeness (QED) is 0.656. The van der Waals surface area contributed by atoms with Crippen molar-refractivity contribution >= 4 is 17.5 Å². The number of carbonyl (C=O) groups excluding carboxylic acids is 2. The van der Waals surface area contributed by atoms with Crippen molar-refractivity contribution in [2.24, 2.45) is 0 Å². The van der Waals surface area contributed by atoms with Crippen LogP contribution in [0.3, 0.4) is 0 Å². The van der Waals surface area contributed by atoms with E-state index in [4.69, 9.17) is 4.74 Å². The lowest BCUT2D eigenvalue weighted by molar-refractivity contribution is -0.120. The molecule has 5 heteroatoms. The van der Waals surface area contributed by atoms with Gasteiger partial charge < -0.3 is 15.4 Å². The van der Waals surface area contributed by atoms with Crippen molar-refractivity contribution in [3.8, 4) is 5.75 Å². The van der Waals surface area contributed by atoms with E-state index in [0.29, 0.717) is 30.8 Å². The summed E-state index contributed by atoms with van der Waals surface area (Å²) in [6.45, 7) is 3.10. The highest BCUT2D eigenvalue weighted by atomic mass is 16.5. The number of fused-ring (bicyclic) bond motifs is 1. The maximum absolute atomic E-state index is 12.4. The van der Waals surface area contributed by atoms with E-state index in [0.717, 1.165) is 34.4 Å². The van der Waals surface area contributed by atoms with E-state index in [2.05, 4.69) is 10.6 Å². The predicted octanol–water partition coefficient (Wildman–Crippen LogP) is 4.04. The molecule has 0 bridgehead atoms. The molecule has 0 radical (unpaired) electrons. The number of carbonyl (C=O) groups is 2. The Labute approximate surface area is 176 Å². The second-order valence-electron chi connectivity index (χ2n) is 7.51. The van der Waals surface area contributed by atoms with Crippen LogP contribution >= 0.6 is 0 Å². The number of hydrogen-bond acceptors (Lipinski definition) is 3. The molecule has 0 fully saturated rings. The molecule has 5 nitrogen and oxygen atoms in total. The summed E-state index contributed by atoms with van der Waals surface area (Å²) in [7, 11) is 0. The van der Waals surface area contributed by atoms with E-state index in [1.807, 2.05) is 61.5 Å². The molecule has 0 atom stereocenters. The van der Waals surface area contributed by atoms with Crippen LogP contribution in [0.25, 0.3) is 0 Å². The zero-order valence-electron chi connectivity index (χ0n) is 16.9. The Bertz CT molecular complexity index is 1070. The molecule has 1 aliphatic heterocycles. The standard InChI is InChI=1S/C25H24N2O3/c1-17-5-8-20(9-6-17)25(29)27-22-4-2-3-19(14-22)16-26-24(28)15-18-7-10-23-21(13-18)11-12-30-23/h2-10,13-14H,11-12,15-16H2,1H3,(H,26,28)(H,27,29). The van der Waals surface area contributed by atoms with Crippen LogP contribution in [0, 0.1) is 6.92 Å². The molecule has 0 saturated carbocycles. The lowest BCUT2D eigenvalue weighted by atomic mass is 10.1. The second kappa shape index (κ2) is 8.82. The summed E-state index contributed by atoms with van der Waals surface area (Å²) in [6.07, 6.45) is 1.23. The number of benzene rings is 3. The van der Waals surface area contributed by atoms with Crippen LogP contribution in [0.4, 0.5) is 5.69 Å². The molecular weight excluding hydrogens is 376 g/mol. The fraction of sp³-hybridized carbons (Fsp3) is 0.200. The third-order valence-electron chi connectivity index (χ3n) is 5.11. The monoisotopic (exact) mass is 400 g/mol. The number of ether oxygens (including phenoxy) is 1. The van der Waals surface area contributed by atoms with Crippen LogP contribution < -0.4 is 15.4 Å². The SMILES string of the molecule is Cc1ccc(C(=O)Nc2cccc(CNC(=O)Cc3ccc4c(c3)CCO4)c2)cc1. The second-order valence-corrected chi connectivity index (χ2v) is 7.51. The van der Waals surface area contributed by atoms with Crippen molar-refractivity contribution in [3.05, 3.63) is 94.5 Å². The van der Waals surface area contributed by atoms with Gasteiger partial charge in [0.25, 0.3) is 5.91 Å². The van der Waals surface area contributed by atoms with E-state index in [1.54, 1.807) is 12.1 Å². The van der Waals surface area contributed by atoms with E-state index < -0.39 is 0 Å². The molecule has 4 rings (SSSR count). The van der Waals surface area contributed by atoms with Gasteiger partial charge in [0.05, 0.1) is 13.0 Å². The normalized spacial score (nSPS) is 12.0. The van der Waals surface area contributed by atoms with E-state index in [9.17, 15) is 9.59 Å². The highest BCUT2D eigenvalue weighted by Gasteiger charge is 2.13. The van der Waals surface area contributed by atoms with Gasteiger partial charge in [-0.2, -0.15) is 0 Å². The average Bonchev–Trinajstić information content (AvgIpc) is 3.21. The fourth-order valence-corrected chi connectivity index (χ4v) is 3.47. The fourth-order valence-electron chi connectivity index (χ4n) is 3.47. The van der Waals surface area contributed by atoms with Crippen molar-refractivity contribution in [2.75, 3.05) is 11.9 Å². The summed E-state index contributed by atoms with van der Waals surface area (Å²) >= 11 is 0. The van der Waals surface area contributed by atoms with Gasteiger partial charge in [0.15, 0.2) is 0 Å². The van der Waals surface area contributed by atoms with Crippen molar-refractivity contribution in [2.45, 2.75) is 26.3 Å². The van der Waals surface area contributed by atoms with Crippen molar-refractivity contribution in [3.63, 3.8) is 0 Å². The molecule has 0 aromatic heterocycles. The molecule has 3 aromatic carbocycles. The number of hydrogen-bond donors (Lipinski definition) is 2. The zero-order valence-corrected chi connectivity index (χ0v) is 16.9. The minimum Gasteiger partial charge on any atom is -0.493 e. The molecule has 0 spiro atoms. The first-order valence-corrected chi connectivity index (χ1v) is 10.0. The molecule has 1 aliphatic rings. The number of anilines is 1. The van der Waals surface area contributed by atoms with E-state index >= 15 is 0 Å².